The molecule has 0 spiro atoms. The van der Waals surface area contributed by atoms with Gasteiger partial charge in [-0.1, -0.05) is 6.07 Å². The Hall–Kier alpha value is -3.86. The van der Waals surface area contributed by atoms with Crippen LogP contribution < -0.4 is 5.32 Å². The molecule has 2 aromatic heterocycles. The number of pyridine rings is 1. The van der Waals surface area contributed by atoms with Crippen LogP contribution in [-0.2, 0) is 24.1 Å². The van der Waals surface area contributed by atoms with Gasteiger partial charge in [-0.3, -0.25) is 4.79 Å². The van der Waals surface area contributed by atoms with Gasteiger partial charge in [0.05, 0.1) is 11.2 Å². The van der Waals surface area contributed by atoms with Crippen molar-refractivity contribution in [3.63, 3.8) is 0 Å². The molecular weight excluding hydrogens is 479 g/mol. The van der Waals surface area contributed by atoms with Crippen LogP contribution >= 0.6 is 0 Å². The number of ether oxygens (including phenoxy) is 1. The van der Waals surface area contributed by atoms with E-state index in [1.54, 1.807) is 32.0 Å². The summed E-state index contributed by atoms with van der Waals surface area (Å²) in [5.74, 6) is 0.515. The van der Waals surface area contributed by atoms with E-state index in [2.05, 4.69) is 32.0 Å². The minimum absolute atomic E-state index is 0.144. The molecule has 37 heavy (non-hydrogen) atoms. The summed E-state index contributed by atoms with van der Waals surface area (Å²) in [4.78, 5) is 31.4. The lowest BCUT2D eigenvalue weighted by atomic mass is 9.96. The van der Waals surface area contributed by atoms with Crippen LogP contribution in [-0.4, -0.2) is 60.5 Å². The molecule has 2 aliphatic heterocycles. The quantitative estimate of drug-likeness (QED) is 0.541. The zero-order valence-electron chi connectivity index (χ0n) is 21.0. The Balaban J connectivity index is 1.32. The molecule has 0 radical (unpaired) electrons. The molecule has 5 rings (SSSR count). The van der Waals surface area contributed by atoms with Crippen LogP contribution in [0.3, 0.4) is 0 Å². The van der Waals surface area contributed by atoms with E-state index in [0.717, 1.165) is 24.2 Å². The first-order valence-electron chi connectivity index (χ1n) is 12.3. The maximum atomic E-state index is 14.9. The molecule has 0 bridgehead atoms. The average Bonchev–Trinajstić information content (AvgIpc) is 3.44. The van der Waals surface area contributed by atoms with Gasteiger partial charge in [-0.2, -0.15) is 0 Å². The van der Waals surface area contributed by atoms with Gasteiger partial charge in [-0.25, -0.2) is 14.2 Å². The fraction of sp³-hybridized carbons (Fsp3) is 0.423. The van der Waals surface area contributed by atoms with E-state index < -0.39 is 23.4 Å². The number of anilines is 1. The fourth-order valence-corrected chi connectivity index (χ4v) is 4.65. The van der Waals surface area contributed by atoms with Crippen molar-refractivity contribution in [3.8, 4) is 11.5 Å². The number of rotatable bonds is 5. The fourth-order valence-electron chi connectivity index (χ4n) is 4.65. The molecule has 3 aromatic rings. The lowest BCUT2D eigenvalue weighted by Crippen LogP contribution is -2.39. The lowest BCUT2D eigenvalue weighted by Gasteiger charge is -2.29. The molecule has 1 atom stereocenters. The summed E-state index contributed by atoms with van der Waals surface area (Å²) in [6.45, 7) is 5.57. The van der Waals surface area contributed by atoms with Gasteiger partial charge < -0.3 is 24.6 Å². The molecular formula is C26H29FN6O4. The SMILES string of the molecule is C[C@H]1CCc2nnc(-c3cccc(NC(=O)c4cc5c(cc4F)CCN(C(=O)OCC(C)(C)O)C5)n3)n21. The number of halogens is 1. The first kappa shape index (κ1) is 24.8. The van der Waals surface area contributed by atoms with Crippen LogP contribution in [0, 0.1) is 5.82 Å². The third kappa shape index (κ3) is 5.17. The van der Waals surface area contributed by atoms with E-state index in [1.165, 1.54) is 17.0 Å². The van der Waals surface area contributed by atoms with Crippen molar-refractivity contribution in [1.29, 1.82) is 0 Å². The number of hydrogen-bond donors (Lipinski definition) is 2. The molecule has 2 amide bonds. The zero-order valence-corrected chi connectivity index (χ0v) is 21.0. The lowest BCUT2D eigenvalue weighted by molar-refractivity contribution is -0.00487. The van der Waals surface area contributed by atoms with Crippen molar-refractivity contribution in [3.05, 3.63) is 58.7 Å². The number of aryl methyl sites for hydroxylation is 1. The number of carbonyl (C=O) groups excluding carboxylic acids is 2. The van der Waals surface area contributed by atoms with Crippen LogP contribution in [0.5, 0.6) is 0 Å². The maximum Gasteiger partial charge on any atom is 0.410 e. The van der Waals surface area contributed by atoms with E-state index in [4.69, 9.17) is 4.74 Å². The van der Waals surface area contributed by atoms with Crippen LogP contribution in [0.1, 0.15) is 60.5 Å². The molecule has 0 saturated carbocycles. The predicted octanol–water partition coefficient (Wildman–Crippen LogP) is 3.50. The molecule has 2 N–H and O–H groups in total. The minimum atomic E-state index is -1.14. The maximum absolute atomic E-state index is 14.9. The summed E-state index contributed by atoms with van der Waals surface area (Å²) in [5.41, 5.74) is 0.671. The molecule has 0 aliphatic carbocycles. The van der Waals surface area contributed by atoms with E-state index in [1.807, 2.05) is 0 Å². The first-order valence-corrected chi connectivity index (χ1v) is 12.3. The highest BCUT2D eigenvalue weighted by atomic mass is 19.1. The molecule has 1 aromatic carbocycles. The van der Waals surface area contributed by atoms with E-state index in [-0.39, 0.29) is 30.6 Å². The summed E-state index contributed by atoms with van der Waals surface area (Å²) in [6, 6.07) is 8.24. The Morgan fingerprint density at radius 3 is 2.81 bits per heavy atom. The largest absolute Gasteiger partial charge is 0.446 e. The van der Waals surface area contributed by atoms with Gasteiger partial charge >= 0.3 is 6.09 Å². The number of hydrogen-bond acceptors (Lipinski definition) is 7. The van der Waals surface area contributed by atoms with Crippen molar-refractivity contribution in [2.24, 2.45) is 0 Å². The molecule has 0 fully saturated rings. The average molecular weight is 509 g/mol. The van der Waals surface area contributed by atoms with Gasteiger partial charge in [0.15, 0.2) is 5.82 Å². The Kier molecular flexibility index (Phi) is 6.40. The summed E-state index contributed by atoms with van der Waals surface area (Å²) < 4.78 is 22.1. The van der Waals surface area contributed by atoms with Crippen LogP contribution in [0.2, 0.25) is 0 Å². The highest BCUT2D eigenvalue weighted by Crippen LogP contribution is 2.30. The highest BCUT2D eigenvalue weighted by molar-refractivity contribution is 6.04. The zero-order chi connectivity index (χ0) is 26.3. The normalized spacial score (nSPS) is 16.8. The molecule has 194 valence electrons. The summed E-state index contributed by atoms with van der Waals surface area (Å²) in [5, 5.41) is 21.0. The number of benzene rings is 1. The summed E-state index contributed by atoms with van der Waals surface area (Å²) >= 11 is 0. The minimum Gasteiger partial charge on any atom is -0.446 e. The number of aliphatic hydroxyl groups is 1. The van der Waals surface area contributed by atoms with Crippen molar-refractivity contribution in [2.45, 2.75) is 58.2 Å². The second-order valence-corrected chi connectivity index (χ2v) is 10.2. The summed E-state index contributed by atoms with van der Waals surface area (Å²) in [7, 11) is 0. The molecule has 10 nitrogen and oxygen atoms in total. The Morgan fingerprint density at radius 1 is 1.22 bits per heavy atom. The third-order valence-electron chi connectivity index (χ3n) is 6.57. The number of nitrogens with one attached hydrogen (secondary N) is 1. The van der Waals surface area contributed by atoms with E-state index in [9.17, 15) is 19.1 Å². The van der Waals surface area contributed by atoms with E-state index >= 15 is 0 Å². The Labute approximate surface area is 213 Å². The second-order valence-electron chi connectivity index (χ2n) is 10.2. The predicted molar refractivity (Wildman–Crippen MR) is 132 cm³/mol. The monoisotopic (exact) mass is 508 g/mol. The van der Waals surface area contributed by atoms with Gasteiger partial charge in [-0.05, 0) is 69.0 Å². The van der Waals surface area contributed by atoms with Gasteiger partial charge in [0, 0.05) is 25.6 Å². The van der Waals surface area contributed by atoms with Crippen molar-refractivity contribution >= 4 is 17.8 Å². The van der Waals surface area contributed by atoms with Crippen LogP contribution in [0.25, 0.3) is 11.5 Å². The van der Waals surface area contributed by atoms with Gasteiger partial charge in [0.2, 0.25) is 0 Å². The molecule has 11 heteroatoms. The van der Waals surface area contributed by atoms with Gasteiger partial charge in [0.1, 0.15) is 29.8 Å². The Morgan fingerprint density at radius 2 is 2.03 bits per heavy atom. The molecule has 0 saturated heterocycles. The smallest absolute Gasteiger partial charge is 0.410 e. The number of carbonyl (C=O) groups is 2. The number of fused-ring (bicyclic) bond motifs is 2. The van der Waals surface area contributed by atoms with E-state index in [0.29, 0.717) is 30.0 Å². The Bertz CT molecular complexity index is 1370. The molecule has 2 aliphatic rings. The van der Waals surface area contributed by atoms with Crippen molar-refractivity contribution < 1.29 is 23.8 Å². The topological polar surface area (TPSA) is 122 Å². The first-order chi connectivity index (χ1) is 17.6. The van der Waals surface area contributed by atoms with Crippen molar-refractivity contribution in [2.75, 3.05) is 18.5 Å². The highest BCUT2D eigenvalue weighted by Gasteiger charge is 2.27. The molecule has 0 unspecified atom stereocenters. The third-order valence-corrected chi connectivity index (χ3v) is 6.57. The standard InChI is InChI=1S/C26H29FN6O4/c1-15-7-8-22-30-31-23(33(15)22)20-5-4-6-21(28-20)29-24(34)18-11-17-13-32(10-9-16(17)12-19(18)27)25(35)37-14-26(2,3)36/h4-6,11-12,15,36H,7-10,13-14H2,1-3H3,(H,28,29,34)/t15-/m0/s1. The van der Waals surface area contributed by atoms with Gasteiger partial charge in [-0.15, -0.1) is 10.2 Å². The van der Waals surface area contributed by atoms with Gasteiger partial charge in [0.25, 0.3) is 5.91 Å². The summed E-state index contributed by atoms with van der Waals surface area (Å²) in [6.07, 6.45) is 1.70. The van der Waals surface area contributed by atoms with Crippen LogP contribution in [0.4, 0.5) is 15.0 Å². The number of aromatic nitrogens is 4. The van der Waals surface area contributed by atoms with Crippen LogP contribution in [0.15, 0.2) is 30.3 Å². The molecule has 4 heterocycles. The van der Waals surface area contributed by atoms with Crippen molar-refractivity contribution in [1.82, 2.24) is 24.6 Å². The second kappa shape index (κ2) is 9.55. The number of nitrogens with zero attached hydrogens (tertiary/aromatic N) is 5. The number of amides is 2.